The molecule has 210 valence electrons. The lowest BCUT2D eigenvalue weighted by Crippen LogP contribution is -2.50. The highest BCUT2D eigenvalue weighted by molar-refractivity contribution is 7.89. The summed E-state index contributed by atoms with van der Waals surface area (Å²) in [5, 5.41) is 0.0636. The lowest BCUT2D eigenvalue weighted by atomic mass is 9.93. The second kappa shape index (κ2) is 11.0. The van der Waals surface area contributed by atoms with Gasteiger partial charge >= 0.3 is 0 Å². The molecule has 1 unspecified atom stereocenters. The highest BCUT2D eigenvalue weighted by Gasteiger charge is 2.37. The van der Waals surface area contributed by atoms with Gasteiger partial charge in [-0.15, -0.1) is 0 Å². The zero-order valence-electron chi connectivity index (χ0n) is 23.6. The number of hydrogen-bond donors (Lipinski definition) is 0. The number of hydrogen-bond acceptors (Lipinski definition) is 5. The molecule has 3 aromatic carbocycles. The molecule has 0 aliphatic carbocycles. The average molecular weight is 567 g/mol. The van der Waals surface area contributed by atoms with Gasteiger partial charge in [-0.05, 0) is 53.3 Å². The Hall–Kier alpha value is -4.21. The van der Waals surface area contributed by atoms with Crippen LogP contribution >= 0.6 is 0 Å². The fourth-order valence-corrected chi connectivity index (χ4v) is 7.20. The van der Waals surface area contributed by atoms with Crippen LogP contribution in [0.2, 0.25) is 0 Å². The Kier molecular flexibility index (Phi) is 7.23. The van der Waals surface area contributed by atoms with Crippen LogP contribution in [-0.2, 0) is 43.6 Å². The van der Waals surface area contributed by atoms with Crippen molar-refractivity contribution in [2.45, 2.75) is 37.5 Å². The summed E-state index contributed by atoms with van der Waals surface area (Å²) in [5.74, 6) is 0. The first-order valence-corrected chi connectivity index (χ1v) is 15.2. The van der Waals surface area contributed by atoms with Gasteiger partial charge in [0.25, 0.3) is 10.0 Å². The lowest BCUT2D eigenvalue weighted by molar-refractivity contribution is 0.301. The van der Waals surface area contributed by atoms with Crippen molar-refractivity contribution in [2.24, 2.45) is 14.1 Å². The van der Waals surface area contributed by atoms with Gasteiger partial charge in [-0.25, -0.2) is 18.4 Å². The standard InChI is InChI=1S/C32H34N6O2S/c1-24-9-7-8-12-27(24)17-38(41(39,40)32-21-36(3)23-34-32)30-16-28-15-26(25-10-5-4-6-11-25)13-14-31(28)37(20-30)19-29-18-35(2)22-33-29/h4-15,18,21-23,30H,16-17,19-20H2,1-3H3. The van der Waals surface area contributed by atoms with Gasteiger partial charge in [-0.1, -0.05) is 60.7 Å². The largest absolute Gasteiger partial charge is 0.364 e. The van der Waals surface area contributed by atoms with E-state index in [2.05, 4.69) is 45.2 Å². The summed E-state index contributed by atoms with van der Waals surface area (Å²) in [4.78, 5) is 11.1. The fourth-order valence-electron chi connectivity index (χ4n) is 5.63. The smallest absolute Gasteiger partial charge is 0.262 e. The van der Waals surface area contributed by atoms with E-state index in [0.29, 0.717) is 19.5 Å². The van der Waals surface area contributed by atoms with E-state index < -0.39 is 10.0 Å². The summed E-state index contributed by atoms with van der Waals surface area (Å²) in [6.45, 7) is 3.40. The predicted molar refractivity (Wildman–Crippen MR) is 161 cm³/mol. The van der Waals surface area contributed by atoms with Gasteiger partial charge in [-0.3, -0.25) is 0 Å². The fraction of sp³-hybridized carbons (Fsp3) is 0.250. The van der Waals surface area contributed by atoms with Gasteiger partial charge in [0.05, 0.1) is 24.9 Å². The van der Waals surface area contributed by atoms with Crippen molar-refractivity contribution in [2.75, 3.05) is 11.4 Å². The van der Waals surface area contributed by atoms with Crippen molar-refractivity contribution in [3.05, 3.63) is 120 Å². The van der Waals surface area contributed by atoms with Gasteiger partial charge in [0.15, 0.2) is 5.03 Å². The molecular weight excluding hydrogens is 532 g/mol. The third-order valence-corrected chi connectivity index (χ3v) is 9.56. The molecule has 1 aliphatic rings. The summed E-state index contributed by atoms with van der Waals surface area (Å²) >= 11 is 0. The monoisotopic (exact) mass is 566 g/mol. The van der Waals surface area contributed by atoms with E-state index >= 15 is 0 Å². The third kappa shape index (κ3) is 5.55. The summed E-state index contributed by atoms with van der Waals surface area (Å²) in [5.41, 5.74) is 7.44. The molecular formula is C32H34N6O2S. The number of aryl methyl sites for hydroxylation is 3. The summed E-state index contributed by atoms with van der Waals surface area (Å²) in [7, 11) is -0.154. The first-order valence-electron chi connectivity index (χ1n) is 13.7. The minimum absolute atomic E-state index is 0.0636. The normalized spacial score (nSPS) is 15.3. The van der Waals surface area contributed by atoms with E-state index in [1.165, 1.54) is 6.33 Å². The lowest BCUT2D eigenvalue weighted by Gasteiger charge is -2.40. The van der Waals surface area contributed by atoms with Crippen LogP contribution in [0.1, 0.15) is 22.4 Å². The van der Waals surface area contributed by atoms with Crippen molar-refractivity contribution in [3.63, 3.8) is 0 Å². The molecule has 2 aromatic heterocycles. The van der Waals surface area contributed by atoms with E-state index in [-0.39, 0.29) is 17.6 Å². The van der Waals surface area contributed by atoms with Gasteiger partial charge in [0.1, 0.15) is 0 Å². The number of benzene rings is 3. The second-order valence-electron chi connectivity index (χ2n) is 10.8. The van der Waals surface area contributed by atoms with Crippen LogP contribution in [0.3, 0.4) is 0 Å². The average Bonchev–Trinajstić information content (AvgIpc) is 3.60. The van der Waals surface area contributed by atoms with Crippen LogP contribution in [0, 0.1) is 6.92 Å². The van der Waals surface area contributed by atoms with Gasteiger partial charge in [-0.2, -0.15) is 4.31 Å². The van der Waals surface area contributed by atoms with E-state index in [0.717, 1.165) is 39.2 Å². The van der Waals surface area contributed by atoms with Crippen LogP contribution in [0.5, 0.6) is 0 Å². The van der Waals surface area contributed by atoms with E-state index in [1.54, 1.807) is 28.4 Å². The number of imidazole rings is 2. The van der Waals surface area contributed by atoms with Crippen LogP contribution in [0.4, 0.5) is 5.69 Å². The van der Waals surface area contributed by atoms with Crippen LogP contribution in [-0.4, -0.2) is 44.4 Å². The first kappa shape index (κ1) is 27.0. The number of fused-ring (bicyclic) bond motifs is 1. The molecule has 6 rings (SSSR count). The predicted octanol–water partition coefficient (Wildman–Crippen LogP) is 4.95. The Bertz CT molecular complexity index is 1780. The Morgan fingerprint density at radius 3 is 2.32 bits per heavy atom. The molecule has 1 aliphatic heterocycles. The molecule has 9 heteroatoms. The molecule has 0 bridgehead atoms. The van der Waals surface area contributed by atoms with Gasteiger partial charge < -0.3 is 14.0 Å². The maximum atomic E-state index is 14.2. The van der Waals surface area contributed by atoms with E-state index in [4.69, 9.17) is 0 Å². The number of anilines is 1. The van der Waals surface area contributed by atoms with Crippen molar-refractivity contribution in [1.29, 1.82) is 0 Å². The molecule has 0 radical (unpaired) electrons. The Morgan fingerprint density at radius 1 is 0.878 bits per heavy atom. The SMILES string of the molecule is Cc1ccccc1CN(C1Cc2cc(-c3ccccc3)ccc2N(Cc2cn(C)cn2)C1)S(=O)(=O)c1cn(C)cn1. The molecule has 8 nitrogen and oxygen atoms in total. The zero-order valence-corrected chi connectivity index (χ0v) is 24.4. The maximum absolute atomic E-state index is 14.2. The van der Waals surface area contributed by atoms with Crippen LogP contribution in [0.25, 0.3) is 11.1 Å². The molecule has 0 saturated carbocycles. The first-order chi connectivity index (χ1) is 19.8. The molecule has 0 fully saturated rings. The third-order valence-electron chi connectivity index (χ3n) is 7.77. The highest BCUT2D eigenvalue weighted by Crippen LogP contribution is 2.36. The molecule has 0 N–H and O–H groups in total. The molecule has 1 atom stereocenters. The highest BCUT2D eigenvalue weighted by atomic mass is 32.2. The number of aromatic nitrogens is 4. The Morgan fingerprint density at radius 2 is 1.61 bits per heavy atom. The van der Waals surface area contributed by atoms with Crippen LogP contribution in [0.15, 0.2) is 103 Å². The van der Waals surface area contributed by atoms with E-state index in [1.807, 2.05) is 67.2 Å². The zero-order chi connectivity index (χ0) is 28.6. The Balaban J connectivity index is 1.44. The van der Waals surface area contributed by atoms with Crippen molar-refractivity contribution in [1.82, 2.24) is 23.4 Å². The van der Waals surface area contributed by atoms with Crippen molar-refractivity contribution in [3.8, 4) is 11.1 Å². The number of rotatable bonds is 8. The molecule has 0 saturated heterocycles. The van der Waals surface area contributed by atoms with E-state index in [9.17, 15) is 8.42 Å². The van der Waals surface area contributed by atoms with Gasteiger partial charge in [0.2, 0.25) is 0 Å². The van der Waals surface area contributed by atoms with Gasteiger partial charge in [0, 0.05) is 51.3 Å². The molecule has 0 amide bonds. The van der Waals surface area contributed by atoms with Crippen molar-refractivity contribution >= 4 is 15.7 Å². The maximum Gasteiger partial charge on any atom is 0.262 e. The number of sulfonamides is 1. The Labute approximate surface area is 241 Å². The molecule has 3 heterocycles. The quantitative estimate of drug-likeness (QED) is 0.266. The second-order valence-corrected chi connectivity index (χ2v) is 12.7. The molecule has 0 spiro atoms. The minimum atomic E-state index is -3.90. The van der Waals surface area contributed by atoms with Crippen molar-refractivity contribution < 1.29 is 8.42 Å². The minimum Gasteiger partial charge on any atom is -0.364 e. The number of nitrogens with zero attached hydrogens (tertiary/aromatic N) is 6. The topological polar surface area (TPSA) is 76.3 Å². The summed E-state index contributed by atoms with van der Waals surface area (Å²) in [6, 6.07) is 24.5. The van der Waals surface area contributed by atoms with Crippen LogP contribution < -0.4 is 4.90 Å². The summed E-state index contributed by atoms with van der Waals surface area (Å²) in [6.07, 6.45) is 7.51. The molecule has 41 heavy (non-hydrogen) atoms. The molecule has 5 aromatic rings. The summed E-state index contributed by atoms with van der Waals surface area (Å²) < 4.78 is 33.8.